The van der Waals surface area contributed by atoms with E-state index < -0.39 is 0 Å². The van der Waals surface area contributed by atoms with E-state index in [0.717, 1.165) is 26.1 Å². The van der Waals surface area contributed by atoms with Gasteiger partial charge >= 0.3 is 0 Å². The molecule has 0 unspecified atom stereocenters. The summed E-state index contributed by atoms with van der Waals surface area (Å²) in [5, 5.41) is 5.49. The first-order valence-electron chi connectivity index (χ1n) is 6.54. The van der Waals surface area contributed by atoms with Crippen molar-refractivity contribution in [2.45, 2.75) is 45.7 Å². The third kappa shape index (κ3) is 3.56. The lowest BCUT2D eigenvalue weighted by Crippen LogP contribution is -2.40. The fourth-order valence-electron chi connectivity index (χ4n) is 2.16. The fraction of sp³-hybridized carbons (Fsp3) is 0.643. The maximum absolute atomic E-state index is 12.1. The minimum atomic E-state index is 0.0860. The van der Waals surface area contributed by atoms with Gasteiger partial charge in [-0.15, -0.1) is 11.3 Å². The van der Waals surface area contributed by atoms with E-state index >= 15 is 0 Å². The van der Waals surface area contributed by atoms with Crippen LogP contribution in [-0.2, 0) is 17.8 Å². The molecule has 1 aromatic heterocycles. The Morgan fingerprint density at radius 1 is 1.50 bits per heavy atom. The van der Waals surface area contributed by atoms with E-state index in [1.807, 2.05) is 16.2 Å². The minimum absolute atomic E-state index is 0.0860. The summed E-state index contributed by atoms with van der Waals surface area (Å²) in [6.07, 6.45) is 1.61. The average Bonchev–Trinajstić information content (AvgIpc) is 2.73. The van der Waals surface area contributed by atoms with Crippen molar-refractivity contribution in [1.29, 1.82) is 0 Å². The molecule has 0 fully saturated rings. The van der Waals surface area contributed by atoms with Crippen LogP contribution < -0.4 is 5.32 Å². The van der Waals surface area contributed by atoms with Crippen molar-refractivity contribution < 1.29 is 4.79 Å². The van der Waals surface area contributed by atoms with Crippen LogP contribution in [0.25, 0.3) is 0 Å². The van der Waals surface area contributed by atoms with E-state index in [9.17, 15) is 4.79 Å². The van der Waals surface area contributed by atoms with Gasteiger partial charge in [-0.25, -0.2) is 0 Å². The molecule has 0 radical (unpaired) electrons. The molecule has 1 amide bonds. The second kappa shape index (κ2) is 5.41. The Hall–Kier alpha value is -0.870. The Kier molecular flexibility index (Phi) is 4.07. The first-order valence-corrected chi connectivity index (χ1v) is 7.42. The molecule has 2 rings (SSSR count). The van der Waals surface area contributed by atoms with Crippen LogP contribution in [0.5, 0.6) is 0 Å². The summed E-state index contributed by atoms with van der Waals surface area (Å²) in [7, 11) is 0. The van der Waals surface area contributed by atoms with Gasteiger partial charge in [-0.3, -0.25) is 4.79 Å². The van der Waals surface area contributed by atoms with Crippen molar-refractivity contribution >= 4 is 17.2 Å². The normalized spacial score (nSPS) is 15.6. The second-order valence-corrected chi connectivity index (χ2v) is 6.86. The fourth-order valence-corrected chi connectivity index (χ4v) is 3.05. The molecule has 4 heteroatoms. The van der Waals surface area contributed by atoms with Gasteiger partial charge in [0.2, 0.25) is 5.91 Å². The predicted octanol–water partition coefficient (Wildman–Crippen LogP) is 2.41. The number of amides is 1. The third-order valence-electron chi connectivity index (χ3n) is 3.15. The predicted molar refractivity (Wildman–Crippen MR) is 75.8 cm³/mol. The SMILES string of the molecule is CC(C)(C)NCCC(=O)N1CCc2sccc2C1. The van der Waals surface area contributed by atoms with E-state index in [2.05, 4.69) is 37.5 Å². The topological polar surface area (TPSA) is 32.3 Å². The van der Waals surface area contributed by atoms with Crippen LogP contribution in [0.15, 0.2) is 11.4 Å². The molecule has 0 saturated carbocycles. The third-order valence-corrected chi connectivity index (χ3v) is 4.18. The van der Waals surface area contributed by atoms with Gasteiger partial charge in [0.05, 0.1) is 0 Å². The van der Waals surface area contributed by atoms with Crippen LogP contribution >= 0.6 is 11.3 Å². The lowest BCUT2D eigenvalue weighted by atomic mass is 10.1. The van der Waals surface area contributed by atoms with Gasteiger partial charge in [-0.05, 0) is 44.2 Å². The molecular formula is C14H22N2OS. The molecule has 2 heterocycles. The first-order chi connectivity index (χ1) is 8.46. The Morgan fingerprint density at radius 2 is 2.28 bits per heavy atom. The van der Waals surface area contributed by atoms with Crippen molar-refractivity contribution in [3.8, 4) is 0 Å². The van der Waals surface area contributed by atoms with Crippen molar-refractivity contribution in [3.63, 3.8) is 0 Å². The number of thiophene rings is 1. The van der Waals surface area contributed by atoms with Crippen molar-refractivity contribution in [1.82, 2.24) is 10.2 Å². The number of rotatable bonds is 3. The molecule has 1 aliphatic heterocycles. The molecule has 18 heavy (non-hydrogen) atoms. The van der Waals surface area contributed by atoms with Crippen molar-refractivity contribution in [3.05, 3.63) is 21.9 Å². The van der Waals surface area contributed by atoms with Gasteiger partial charge in [0, 0.05) is 36.5 Å². The van der Waals surface area contributed by atoms with Gasteiger partial charge in [-0.1, -0.05) is 0 Å². The van der Waals surface area contributed by atoms with Gasteiger partial charge in [0.15, 0.2) is 0 Å². The summed E-state index contributed by atoms with van der Waals surface area (Å²) in [6.45, 7) is 8.80. The highest BCUT2D eigenvalue weighted by Gasteiger charge is 2.21. The average molecular weight is 266 g/mol. The van der Waals surface area contributed by atoms with E-state index in [1.54, 1.807) is 0 Å². The van der Waals surface area contributed by atoms with Crippen molar-refractivity contribution in [2.75, 3.05) is 13.1 Å². The van der Waals surface area contributed by atoms with Gasteiger partial charge < -0.3 is 10.2 Å². The Bertz CT molecular complexity index is 420. The molecule has 0 aliphatic carbocycles. The number of hydrogen-bond donors (Lipinski definition) is 1. The highest BCUT2D eigenvalue weighted by Crippen LogP contribution is 2.24. The van der Waals surface area contributed by atoms with Crippen molar-refractivity contribution in [2.24, 2.45) is 0 Å². The van der Waals surface area contributed by atoms with Gasteiger partial charge in [-0.2, -0.15) is 0 Å². The van der Waals surface area contributed by atoms with E-state index in [1.165, 1.54) is 10.4 Å². The molecule has 3 nitrogen and oxygen atoms in total. The number of nitrogens with one attached hydrogen (secondary N) is 1. The maximum Gasteiger partial charge on any atom is 0.224 e. The Labute approximate surface area is 113 Å². The second-order valence-electron chi connectivity index (χ2n) is 5.86. The molecule has 0 bridgehead atoms. The summed E-state index contributed by atoms with van der Waals surface area (Å²) >= 11 is 1.81. The summed E-state index contributed by atoms with van der Waals surface area (Å²) in [4.78, 5) is 15.5. The zero-order chi connectivity index (χ0) is 13.2. The largest absolute Gasteiger partial charge is 0.338 e. The zero-order valence-electron chi connectivity index (χ0n) is 11.5. The van der Waals surface area contributed by atoms with E-state index in [0.29, 0.717) is 6.42 Å². The number of hydrogen-bond acceptors (Lipinski definition) is 3. The molecule has 100 valence electrons. The van der Waals surface area contributed by atoms with Crippen LogP contribution in [-0.4, -0.2) is 29.4 Å². The molecule has 0 saturated heterocycles. The minimum Gasteiger partial charge on any atom is -0.338 e. The zero-order valence-corrected chi connectivity index (χ0v) is 12.3. The number of carbonyl (C=O) groups excluding carboxylic acids is 1. The maximum atomic E-state index is 12.1. The number of fused-ring (bicyclic) bond motifs is 1. The molecular weight excluding hydrogens is 244 g/mol. The molecule has 1 N–H and O–H groups in total. The van der Waals surface area contributed by atoms with E-state index in [4.69, 9.17) is 0 Å². The lowest BCUT2D eigenvalue weighted by Gasteiger charge is -2.28. The molecule has 1 aliphatic rings. The highest BCUT2D eigenvalue weighted by molar-refractivity contribution is 7.10. The van der Waals surface area contributed by atoms with Crippen LogP contribution in [0.2, 0.25) is 0 Å². The summed E-state index contributed by atoms with van der Waals surface area (Å²) in [6, 6.07) is 2.15. The van der Waals surface area contributed by atoms with Crippen LogP contribution in [0.4, 0.5) is 0 Å². The van der Waals surface area contributed by atoms with Gasteiger partial charge in [0.25, 0.3) is 0 Å². The Balaban J connectivity index is 1.81. The van der Waals surface area contributed by atoms with Gasteiger partial charge in [0.1, 0.15) is 0 Å². The lowest BCUT2D eigenvalue weighted by molar-refractivity contribution is -0.132. The standard InChI is InChI=1S/C14H22N2OS/c1-14(2,3)15-7-4-13(17)16-8-5-12-11(10-16)6-9-18-12/h6,9,15H,4-5,7-8,10H2,1-3H3. The highest BCUT2D eigenvalue weighted by atomic mass is 32.1. The summed E-state index contributed by atoms with van der Waals surface area (Å²) in [5.74, 6) is 0.267. The quantitative estimate of drug-likeness (QED) is 0.911. The molecule has 0 spiro atoms. The Morgan fingerprint density at radius 3 is 3.00 bits per heavy atom. The summed E-state index contributed by atoms with van der Waals surface area (Å²) in [5.41, 5.74) is 1.42. The van der Waals surface area contributed by atoms with Crippen LogP contribution in [0, 0.1) is 0 Å². The number of nitrogens with zero attached hydrogens (tertiary/aromatic N) is 1. The van der Waals surface area contributed by atoms with E-state index in [-0.39, 0.29) is 11.4 Å². The molecule has 0 aromatic carbocycles. The van der Waals surface area contributed by atoms with Crippen LogP contribution in [0.1, 0.15) is 37.6 Å². The summed E-state index contributed by atoms with van der Waals surface area (Å²) < 4.78 is 0. The monoisotopic (exact) mass is 266 g/mol. The first kappa shape index (κ1) is 13.6. The smallest absolute Gasteiger partial charge is 0.224 e. The van der Waals surface area contributed by atoms with Crippen LogP contribution in [0.3, 0.4) is 0 Å². The number of carbonyl (C=O) groups is 1. The molecule has 1 aromatic rings. The molecule has 0 atom stereocenters.